The molecule has 1 aromatic heterocycles. The van der Waals surface area contributed by atoms with Gasteiger partial charge in [-0.05, 0) is 32.1 Å². The quantitative estimate of drug-likeness (QED) is 0.233. The number of aliphatic imine (C=N–C) groups is 1. The Morgan fingerprint density at radius 3 is 2.91 bits per heavy atom. The third-order valence-corrected chi connectivity index (χ3v) is 5.67. The maximum atomic E-state index is 4.78. The van der Waals surface area contributed by atoms with E-state index in [9.17, 15) is 0 Å². The Morgan fingerprint density at radius 2 is 2.27 bits per heavy atom. The maximum Gasteiger partial charge on any atom is 0.193 e. The van der Waals surface area contributed by atoms with Crippen LogP contribution in [0.1, 0.15) is 33.1 Å². The van der Waals surface area contributed by atoms with Crippen LogP contribution >= 0.6 is 47.1 Å². The van der Waals surface area contributed by atoms with Crippen LogP contribution in [0.5, 0.6) is 0 Å². The molecule has 1 aliphatic rings. The minimum absolute atomic E-state index is 0. The molecule has 0 unspecified atom stereocenters. The van der Waals surface area contributed by atoms with Gasteiger partial charge in [0.15, 0.2) is 5.96 Å². The minimum atomic E-state index is 0. The van der Waals surface area contributed by atoms with Crippen LogP contribution in [0.3, 0.4) is 0 Å². The van der Waals surface area contributed by atoms with Gasteiger partial charge in [0.1, 0.15) is 4.34 Å². The fraction of sp³-hybridized carbons (Fsp3) is 0.733. The normalized spacial score (nSPS) is 16.5. The second kappa shape index (κ2) is 11.5. The fourth-order valence-corrected chi connectivity index (χ4v) is 3.97. The highest BCUT2D eigenvalue weighted by Gasteiger charge is 2.18. The van der Waals surface area contributed by atoms with Gasteiger partial charge in [0.25, 0.3) is 0 Å². The van der Waals surface area contributed by atoms with Crippen molar-refractivity contribution in [3.63, 3.8) is 0 Å². The van der Waals surface area contributed by atoms with Crippen LogP contribution < -0.4 is 5.32 Å². The first-order valence-electron chi connectivity index (χ1n) is 7.85. The summed E-state index contributed by atoms with van der Waals surface area (Å²) in [7, 11) is 0. The summed E-state index contributed by atoms with van der Waals surface area (Å²) < 4.78 is 1.16. The van der Waals surface area contributed by atoms with Crippen LogP contribution in [0.15, 0.2) is 20.9 Å². The van der Waals surface area contributed by atoms with E-state index in [1.807, 2.05) is 23.3 Å². The lowest BCUT2D eigenvalue weighted by Crippen LogP contribution is -2.45. The predicted molar refractivity (Wildman–Crippen MR) is 109 cm³/mol. The molecule has 0 spiro atoms. The molecule has 0 saturated carbocycles. The van der Waals surface area contributed by atoms with Crippen LogP contribution in [0.4, 0.5) is 0 Å². The number of nitrogens with one attached hydrogen (secondary N) is 1. The molecule has 1 fully saturated rings. The van der Waals surface area contributed by atoms with Gasteiger partial charge in [0.05, 0.1) is 0 Å². The Morgan fingerprint density at radius 1 is 1.50 bits per heavy atom. The number of piperidine rings is 1. The van der Waals surface area contributed by atoms with Gasteiger partial charge in [-0.1, -0.05) is 18.7 Å². The number of likely N-dealkylation sites (tertiary alicyclic amines) is 1. The molecule has 7 heteroatoms. The molecule has 2 heterocycles. The summed E-state index contributed by atoms with van der Waals surface area (Å²) in [6, 6.07) is 0. The van der Waals surface area contributed by atoms with Gasteiger partial charge in [-0.3, -0.25) is 4.99 Å². The second-order valence-corrected chi connectivity index (χ2v) is 7.64. The number of rotatable bonds is 6. The van der Waals surface area contributed by atoms with E-state index in [2.05, 4.69) is 29.0 Å². The number of thioether (sulfide) groups is 1. The summed E-state index contributed by atoms with van der Waals surface area (Å²) in [5.41, 5.74) is 0. The van der Waals surface area contributed by atoms with Gasteiger partial charge < -0.3 is 10.2 Å². The molecule has 22 heavy (non-hydrogen) atoms. The molecular weight excluding hydrogens is 427 g/mol. The largest absolute Gasteiger partial charge is 0.357 e. The lowest BCUT2D eigenvalue weighted by molar-refractivity contribution is 0.273. The molecule has 0 aliphatic carbocycles. The summed E-state index contributed by atoms with van der Waals surface area (Å²) in [5.74, 6) is 3.05. The zero-order chi connectivity index (χ0) is 14.9. The summed E-state index contributed by atoms with van der Waals surface area (Å²) in [6.07, 6.45) is 5.53. The highest BCUT2D eigenvalue weighted by Crippen LogP contribution is 2.20. The van der Waals surface area contributed by atoms with Gasteiger partial charge in [0, 0.05) is 43.5 Å². The maximum absolute atomic E-state index is 4.78. The molecule has 0 bridgehead atoms. The Kier molecular flexibility index (Phi) is 10.5. The molecule has 126 valence electrons. The van der Waals surface area contributed by atoms with Gasteiger partial charge in [-0.2, -0.15) is 0 Å². The topological polar surface area (TPSA) is 40.5 Å². The van der Waals surface area contributed by atoms with E-state index in [0.29, 0.717) is 0 Å². The summed E-state index contributed by atoms with van der Waals surface area (Å²) in [4.78, 5) is 11.5. The number of halogens is 1. The van der Waals surface area contributed by atoms with E-state index in [0.717, 1.165) is 54.6 Å². The number of nitrogens with zero attached hydrogens (tertiary/aromatic N) is 3. The zero-order valence-corrected chi connectivity index (χ0v) is 17.4. The Labute approximate surface area is 159 Å². The van der Waals surface area contributed by atoms with Crippen LogP contribution in [-0.4, -0.2) is 47.8 Å². The molecule has 0 radical (unpaired) electrons. The zero-order valence-electron chi connectivity index (χ0n) is 13.5. The van der Waals surface area contributed by atoms with Crippen molar-refractivity contribution in [1.29, 1.82) is 0 Å². The Bertz CT molecular complexity index is 417. The van der Waals surface area contributed by atoms with Crippen molar-refractivity contribution >= 4 is 53.0 Å². The monoisotopic (exact) mass is 454 g/mol. The van der Waals surface area contributed by atoms with Gasteiger partial charge in [-0.15, -0.1) is 35.3 Å². The second-order valence-electron chi connectivity index (χ2n) is 5.41. The van der Waals surface area contributed by atoms with Gasteiger partial charge in [-0.25, -0.2) is 4.98 Å². The molecule has 4 nitrogen and oxygen atoms in total. The van der Waals surface area contributed by atoms with E-state index in [4.69, 9.17) is 4.99 Å². The Balaban J connectivity index is 0.00000242. The minimum Gasteiger partial charge on any atom is -0.357 e. The van der Waals surface area contributed by atoms with E-state index < -0.39 is 0 Å². The van der Waals surface area contributed by atoms with Crippen molar-refractivity contribution in [3.05, 3.63) is 11.6 Å². The van der Waals surface area contributed by atoms with Crippen molar-refractivity contribution in [2.45, 2.75) is 37.4 Å². The average molecular weight is 454 g/mol. The van der Waals surface area contributed by atoms with Crippen LogP contribution in [0.25, 0.3) is 0 Å². The third-order valence-electron chi connectivity index (χ3n) is 3.62. The van der Waals surface area contributed by atoms with E-state index >= 15 is 0 Å². The first-order chi connectivity index (χ1) is 10.3. The lowest BCUT2D eigenvalue weighted by Gasteiger charge is -2.33. The molecule has 2 rings (SSSR count). The number of hydrogen-bond acceptors (Lipinski definition) is 4. The molecule has 1 aromatic rings. The molecule has 1 saturated heterocycles. The molecule has 0 amide bonds. The summed E-state index contributed by atoms with van der Waals surface area (Å²) in [6.45, 7) is 8.60. The van der Waals surface area contributed by atoms with E-state index in [-0.39, 0.29) is 24.0 Å². The Hall–Kier alpha value is -0.0200. The van der Waals surface area contributed by atoms with E-state index in [1.165, 1.54) is 12.8 Å². The molecular formula is C15H27IN4S2. The number of guanidine groups is 1. The predicted octanol–water partition coefficient (Wildman–Crippen LogP) is 3.94. The summed E-state index contributed by atoms with van der Waals surface area (Å²) >= 11 is 3.55. The van der Waals surface area contributed by atoms with Crippen molar-refractivity contribution in [3.8, 4) is 0 Å². The molecule has 1 aliphatic heterocycles. The van der Waals surface area contributed by atoms with Crippen LogP contribution in [-0.2, 0) is 0 Å². The first kappa shape index (κ1) is 20.0. The lowest BCUT2D eigenvalue weighted by atomic mass is 10.00. The molecule has 0 atom stereocenters. The average Bonchev–Trinajstić information content (AvgIpc) is 3.00. The SMILES string of the molecule is CCNC(=NCCCSc1nccs1)N1CCC(C)CC1.I. The fourth-order valence-electron chi connectivity index (χ4n) is 2.34. The first-order valence-corrected chi connectivity index (χ1v) is 9.71. The summed E-state index contributed by atoms with van der Waals surface area (Å²) in [5, 5.41) is 5.46. The molecule has 0 aromatic carbocycles. The number of aromatic nitrogens is 1. The third kappa shape index (κ3) is 7.04. The highest BCUT2D eigenvalue weighted by atomic mass is 127. The van der Waals surface area contributed by atoms with Crippen molar-refractivity contribution in [2.24, 2.45) is 10.9 Å². The van der Waals surface area contributed by atoms with Crippen molar-refractivity contribution < 1.29 is 0 Å². The van der Waals surface area contributed by atoms with E-state index in [1.54, 1.807) is 11.3 Å². The van der Waals surface area contributed by atoms with Gasteiger partial charge in [0.2, 0.25) is 0 Å². The number of hydrogen-bond donors (Lipinski definition) is 1. The highest BCUT2D eigenvalue weighted by molar-refractivity contribution is 14.0. The van der Waals surface area contributed by atoms with Gasteiger partial charge >= 0.3 is 0 Å². The molecule has 1 N–H and O–H groups in total. The van der Waals surface area contributed by atoms with Crippen molar-refractivity contribution in [1.82, 2.24) is 15.2 Å². The smallest absolute Gasteiger partial charge is 0.193 e. The standard InChI is InChI=1S/C15H26N4S2.HI/c1-3-16-14(19-9-5-13(2)6-10-19)17-7-4-11-20-15-18-8-12-21-15;/h8,12-13H,3-7,9-11H2,1-2H3,(H,16,17);1H. The van der Waals surface area contributed by atoms with Crippen LogP contribution in [0, 0.1) is 5.92 Å². The van der Waals surface area contributed by atoms with Crippen LogP contribution in [0.2, 0.25) is 0 Å². The number of thiazole rings is 1. The van der Waals surface area contributed by atoms with Crippen molar-refractivity contribution in [2.75, 3.05) is 31.9 Å².